The highest BCUT2D eigenvalue weighted by atomic mass is 79.9. The largest absolute Gasteiger partial charge is 0.383 e. The number of halogens is 1. The number of alkyl halides is 1. The van der Waals surface area contributed by atoms with Gasteiger partial charge in [-0.25, -0.2) is 0 Å². The normalized spacial score (nSPS) is 10.4. The number of carbonyl (C=O) groups is 1. The van der Waals surface area contributed by atoms with Gasteiger partial charge in [-0.05, 0) is 18.1 Å². The summed E-state index contributed by atoms with van der Waals surface area (Å²) in [6.07, 6.45) is 0.869. The van der Waals surface area contributed by atoms with Gasteiger partial charge in [-0.3, -0.25) is 4.79 Å². The first-order valence-electron chi connectivity index (χ1n) is 6.16. The lowest BCUT2D eigenvalue weighted by atomic mass is 10.0. The maximum atomic E-state index is 12.5. The molecular formula is C14H20BrNO2. The molecule has 0 aliphatic carbocycles. The molecule has 0 fully saturated rings. The Balaban J connectivity index is 2.86. The molecule has 1 aromatic rings. The van der Waals surface area contributed by atoms with E-state index in [0.717, 1.165) is 22.9 Å². The van der Waals surface area contributed by atoms with Crippen LogP contribution in [0.25, 0.3) is 0 Å². The fourth-order valence-corrected chi connectivity index (χ4v) is 2.25. The van der Waals surface area contributed by atoms with Gasteiger partial charge in [0, 0.05) is 31.1 Å². The van der Waals surface area contributed by atoms with Crippen LogP contribution in [0, 0.1) is 0 Å². The van der Waals surface area contributed by atoms with E-state index in [2.05, 4.69) is 22.9 Å². The number of benzene rings is 1. The van der Waals surface area contributed by atoms with Gasteiger partial charge >= 0.3 is 0 Å². The van der Waals surface area contributed by atoms with Crippen LogP contribution < -0.4 is 0 Å². The molecule has 0 saturated heterocycles. The van der Waals surface area contributed by atoms with Crippen molar-refractivity contribution in [2.24, 2.45) is 0 Å². The average Bonchev–Trinajstić information content (AvgIpc) is 2.42. The van der Waals surface area contributed by atoms with E-state index < -0.39 is 0 Å². The van der Waals surface area contributed by atoms with Gasteiger partial charge in [0.1, 0.15) is 0 Å². The first-order valence-corrected chi connectivity index (χ1v) is 7.28. The van der Waals surface area contributed by atoms with E-state index in [9.17, 15) is 4.79 Å². The lowest BCUT2D eigenvalue weighted by Gasteiger charge is -2.22. The number of amides is 1. The summed E-state index contributed by atoms with van der Waals surface area (Å²) in [5.41, 5.74) is 1.90. The lowest BCUT2D eigenvalue weighted by molar-refractivity contribution is 0.0708. The molecule has 0 bridgehead atoms. The Morgan fingerprint density at radius 1 is 1.33 bits per heavy atom. The maximum Gasteiger partial charge on any atom is 0.254 e. The number of hydrogen-bond donors (Lipinski definition) is 0. The Kier molecular flexibility index (Phi) is 6.98. The quantitative estimate of drug-likeness (QED) is 0.724. The molecule has 1 amide bonds. The van der Waals surface area contributed by atoms with Crippen LogP contribution >= 0.6 is 15.9 Å². The van der Waals surface area contributed by atoms with E-state index in [4.69, 9.17) is 4.74 Å². The molecular weight excluding hydrogens is 294 g/mol. The Bertz CT molecular complexity index is 382. The maximum absolute atomic E-state index is 12.5. The highest BCUT2D eigenvalue weighted by Crippen LogP contribution is 2.12. The van der Waals surface area contributed by atoms with Gasteiger partial charge in [-0.2, -0.15) is 0 Å². The standard InChI is InChI=1S/C14H20BrNO2/c1-3-12-6-4-5-7-13(12)14(17)16(9-8-15)10-11-18-2/h4-7H,3,8-11H2,1-2H3. The Morgan fingerprint density at radius 2 is 2.06 bits per heavy atom. The highest BCUT2D eigenvalue weighted by Gasteiger charge is 2.17. The second kappa shape index (κ2) is 8.27. The molecule has 100 valence electrons. The van der Waals surface area contributed by atoms with Crippen molar-refractivity contribution in [1.82, 2.24) is 4.90 Å². The molecule has 0 aliphatic rings. The predicted octanol–water partition coefficient (Wildman–Crippen LogP) is 2.73. The van der Waals surface area contributed by atoms with E-state index in [1.807, 2.05) is 29.2 Å². The first kappa shape index (κ1) is 15.2. The summed E-state index contributed by atoms with van der Waals surface area (Å²) in [6, 6.07) is 7.79. The molecule has 0 atom stereocenters. The van der Waals surface area contributed by atoms with Gasteiger partial charge in [0.15, 0.2) is 0 Å². The minimum Gasteiger partial charge on any atom is -0.383 e. The van der Waals surface area contributed by atoms with Crippen molar-refractivity contribution in [3.05, 3.63) is 35.4 Å². The summed E-state index contributed by atoms with van der Waals surface area (Å²) in [4.78, 5) is 14.3. The average molecular weight is 314 g/mol. The molecule has 18 heavy (non-hydrogen) atoms. The van der Waals surface area contributed by atoms with Gasteiger partial charge in [0.05, 0.1) is 6.61 Å². The van der Waals surface area contributed by atoms with Crippen LogP contribution in [-0.4, -0.2) is 42.9 Å². The summed E-state index contributed by atoms with van der Waals surface area (Å²) in [5, 5.41) is 0.775. The first-order chi connectivity index (χ1) is 8.74. The molecule has 4 heteroatoms. The molecule has 1 rings (SSSR count). The summed E-state index contributed by atoms with van der Waals surface area (Å²) in [6.45, 7) is 3.95. The predicted molar refractivity (Wildman–Crippen MR) is 77.4 cm³/mol. The fourth-order valence-electron chi connectivity index (χ4n) is 1.83. The van der Waals surface area contributed by atoms with Crippen molar-refractivity contribution in [2.75, 3.05) is 32.1 Å². The van der Waals surface area contributed by atoms with Crippen molar-refractivity contribution in [2.45, 2.75) is 13.3 Å². The van der Waals surface area contributed by atoms with Gasteiger partial charge in [-0.15, -0.1) is 0 Å². The lowest BCUT2D eigenvalue weighted by Crippen LogP contribution is -2.35. The van der Waals surface area contributed by atoms with Gasteiger partial charge < -0.3 is 9.64 Å². The third kappa shape index (κ3) is 4.10. The van der Waals surface area contributed by atoms with E-state index in [1.54, 1.807) is 7.11 Å². The molecule has 0 aromatic heterocycles. The van der Waals surface area contributed by atoms with Crippen LogP contribution in [0.3, 0.4) is 0 Å². The summed E-state index contributed by atoms with van der Waals surface area (Å²) in [5.74, 6) is 0.0870. The number of nitrogens with zero attached hydrogens (tertiary/aromatic N) is 1. The zero-order valence-corrected chi connectivity index (χ0v) is 12.6. The van der Waals surface area contributed by atoms with Crippen LogP contribution in [0.2, 0.25) is 0 Å². The zero-order valence-electron chi connectivity index (χ0n) is 11.0. The highest BCUT2D eigenvalue weighted by molar-refractivity contribution is 9.09. The van der Waals surface area contributed by atoms with Crippen molar-refractivity contribution in [3.63, 3.8) is 0 Å². The number of rotatable bonds is 7. The van der Waals surface area contributed by atoms with Gasteiger partial charge in [-0.1, -0.05) is 41.1 Å². The van der Waals surface area contributed by atoms with Gasteiger partial charge in [0.2, 0.25) is 0 Å². The molecule has 0 saturated carbocycles. The van der Waals surface area contributed by atoms with Crippen molar-refractivity contribution < 1.29 is 9.53 Å². The van der Waals surface area contributed by atoms with E-state index in [1.165, 1.54) is 0 Å². The Morgan fingerprint density at radius 3 is 2.67 bits per heavy atom. The number of aryl methyl sites for hydroxylation is 1. The number of hydrogen-bond acceptors (Lipinski definition) is 2. The van der Waals surface area contributed by atoms with E-state index in [0.29, 0.717) is 19.7 Å². The Hall–Kier alpha value is -0.870. The third-order valence-electron chi connectivity index (χ3n) is 2.84. The summed E-state index contributed by atoms with van der Waals surface area (Å²) in [7, 11) is 1.65. The molecule has 1 aromatic carbocycles. The zero-order chi connectivity index (χ0) is 13.4. The summed E-state index contributed by atoms with van der Waals surface area (Å²) >= 11 is 3.38. The van der Waals surface area contributed by atoms with Crippen LogP contribution in [0.1, 0.15) is 22.8 Å². The fraction of sp³-hybridized carbons (Fsp3) is 0.500. The van der Waals surface area contributed by atoms with Crippen LogP contribution in [0.5, 0.6) is 0 Å². The Labute approximate surface area is 117 Å². The van der Waals surface area contributed by atoms with Gasteiger partial charge in [0.25, 0.3) is 5.91 Å². The smallest absolute Gasteiger partial charge is 0.254 e. The second-order valence-corrected chi connectivity index (χ2v) is 4.78. The third-order valence-corrected chi connectivity index (χ3v) is 3.19. The molecule has 3 nitrogen and oxygen atoms in total. The van der Waals surface area contributed by atoms with Crippen LogP contribution in [-0.2, 0) is 11.2 Å². The number of ether oxygens (including phenoxy) is 1. The van der Waals surface area contributed by atoms with Crippen LogP contribution in [0.4, 0.5) is 0 Å². The molecule has 0 heterocycles. The number of methoxy groups -OCH3 is 1. The van der Waals surface area contributed by atoms with E-state index in [-0.39, 0.29) is 5.91 Å². The second-order valence-electron chi connectivity index (χ2n) is 3.98. The molecule has 0 spiro atoms. The molecule has 0 unspecified atom stereocenters. The SMILES string of the molecule is CCc1ccccc1C(=O)N(CCBr)CCOC. The molecule has 0 radical (unpaired) electrons. The topological polar surface area (TPSA) is 29.5 Å². The molecule has 0 aliphatic heterocycles. The minimum absolute atomic E-state index is 0.0870. The minimum atomic E-state index is 0.0870. The van der Waals surface area contributed by atoms with E-state index >= 15 is 0 Å². The number of carbonyl (C=O) groups excluding carboxylic acids is 1. The van der Waals surface area contributed by atoms with Crippen molar-refractivity contribution >= 4 is 21.8 Å². The monoisotopic (exact) mass is 313 g/mol. The van der Waals surface area contributed by atoms with Crippen molar-refractivity contribution in [3.8, 4) is 0 Å². The van der Waals surface area contributed by atoms with Crippen LogP contribution in [0.15, 0.2) is 24.3 Å². The van der Waals surface area contributed by atoms with Crippen molar-refractivity contribution in [1.29, 1.82) is 0 Å². The molecule has 0 N–H and O–H groups in total. The summed E-state index contributed by atoms with van der Waals surface area (Å²) < 4.78 is 5.05.